The fourth-order valence-corrected chi connectivity index (χ4v) is 3.34. The van der Waals surface area contributed by atoms with Crippen LogP contribution in [0.4, 0.5) is 0 Å². The number of amides is 1. The van der Waals surface area contributed by atoms with Crippen molar-refractivity contribution in [1.82, 2.24) is 5.43 Å². The van der Waals surface area contributed by atoms with Crippen LogP contribution < -0.4 is 10.2 Å². The van der Waals surface area contributed by atoms with Crippen LogP contribution in [0.1, 0.15) is 27.0 Å². The number of nitrogens with zero attached hydrogens (tertiary/aromatic N) is 1. The number of carbonyl (C=O) groups is 1. The van der Waals surface area contributed by atoms with Gasteiger partial charge in [0.15, 0.2) is 0 Å². The van der Waals surface area contributed by atoms with E-state index in [2.05, 4.69) is 34.8 Å². The summed E-state index contributed by atoms with van der Waals surface area (Å²) < 4.78 is 6.09. The maximum atomic E-state index is 12.3. The maximum Gasteiger partial charge on any atom is 0.271 e. The highest BCUT2D eigenvalue weighted by Gasteiger charge is 2.07. The van der Waals surface area contributed by atoms with Crippen molar-refractivity contribution in [1.29, 1.82) is 0 Å². The van der Waals surface area contributed by atoms with E-state index in [-0.39, 0.29) is 5.91 Å². The lowest BCUT2D eigenvalue weighted by Crippen LogP contribution is -2.18. The Bertz CT molecular complexity index is 1210. The van der Waals surface area contributed by atoms with E-state index in [1.165, 1.54) is 10.8 Å². The van der Waals surface area contributed by atoms with E-state index >= 15 is 0 Å². The van der Waals surface area contributed by atoms with Gasteiger partial charge in [-0.2, -0.15) is 5.10 Å². The zero-order valence-corrected chi connectivity index (χ0v) is 16.7. The van der Waals surface area contributed by atoms with Crippen LogP contribution in [0.2, 0.25) is 0 Å². The molecule has 0 heterocycles. The van der Waals surface area contributed by atoms with Gasteiger partial charge in [0.2, 0.25) is 0 Å². The number of rotatable bonds is 6. The van der Waals surface area contributed by atoms with Crippen molar-refractivity contribution in [3.05, 3.63) is 113 Å². The van der Waals surface area contributed by atoms with Crippen LogP contribution in [-0.4, -0.2) is 12.1 Å². The molecule has 1 N–H and O–H groups in total. The van der Waals surface area contributed by atoms with E-state index in [0.29, 0.717) is 17.9 Å². The Labute approximate surface area is 175 Å². The van der Waals surface area contributed by atoms with Crippen molar-refractivity contribution in [2.24, 2.45) is 5.10 Å². The molecule has 0 aliphatic carbocycles. The van der Waals surface area contributed by atoms with Crippen molar-refractivity contribution >= 4 is 22.9 Å². The molecular weight excluding hydrogens is 372 g/mol. The van der Waals surface area contributed by atoms with Crippen molar-refractivity contribution in [2.75, 3.05) is 0 Å². The van der Waals surface area contributed by atoms with Gasteiger partial charge < -0.3 is 4.74 Å². The zero-order valence-electron chi connectivity index (χ0n) is 16.7. The van der Waals surface area contributed by atoms with E-state index < -0.39 is 0 Å². The molecule has 4 nitrogen and oxygen atoms in total. The third-order valence-electron chi connectivity index (χ3n) is 4.94. The molecule has 0 spiro atoms. The predicted molar refractivity (Wildman–Crippen MR) is 121 cm³/mol. The lowest BCUT2D eigenvalue weighted by molar-refractivity contribution is 0.0954. The highest BCUT2D eigenvalue weighted by molar-refractivity contribution is 5.96. The fourth-order valence-electron chi connectivity index (χ4n) is 3.34. The molecule has 0 bridgehead atoms. The lowest BCUT2D eigenvalue weighted by atomic mass is 10.1. The number of benzene rings is 4. The summed E-state index contributed by atoms with van der Waals surface area (Å²) in [5.74, 6) is 0.470. The average molecular weight is 394 g/mol. The Kier molecular flexibility index (Phi) is 5.85. The van der Waals surface area contributed by atoms with E-state index in [4.69, 9.17) is 4.74 Å². The summed E-state index contributed by atoms with van der Waals surface area (Å²) >= 11 is 0. The van der Waals surface area contributed by atoms with Gasteiger partial charge in [-0.3, -0.25) is 4.79 Å². The van der Waals surface area contributed by atoms with Crippen molar-refractivity contribution in [3.8, 4) is 5.75 Å². The molecule has 0 saturated carbocycles. The van der Waals surface area contributed by atoms with Gasteiger partial charge in [-0.15, -0.1) is 0 Å². The van der Waals surface area contributed by atoms with Gasteiger partial charge >= 0.3 is 0 Å². The number of hydrogen-bond acceptors (Lipinski definition) is 3. The molecule has 0 unspecified atom stereocenters. The Morgan fingerprint density at radius 1 is 0.900 bits per heavy atom. The number of aryl methyl sites for hydroxylation is 1. The molecule has 30 heavy (non-hydrogen) atoms. The third kappa shape index (κ3) is 4.39. The standard InChI is InChI=1S/C26H22N2O2/c1-19-9-2-5-14-23(19)26(29)28-27-17-21-11-4-7-16-25(21)30-18-22-13-8-12-20-10-3-6-15-24(20)22/h2-17H,18H2,1H3,(H,28,29)/b27-17-. The molecule has 1 amide bonds. The molecular formula is C26H22N2O2. The number of carbonyl (C=O) groups excluding carboxylic acids is 1. The maximum absolute atomic E-state index is 12.3. The Morgan fingerprint density at radius 3 is 2.53 bits per heavy atom. The topological polar surface area (TPSA) is 50.7 Å². The van der Waals surface area contributed by atoms with Crippen LogP contribution in [0.15, 0.2) is 96.1 Å². The molecule has 0 fully saturated rings. The first-order valence-corrected chi connectivity index (χ1v) is 9.80. The predicted octanol–water partition coefficient (Wildman–Crippen LogP) is 5.49. The smallest absolute Gasteiger partial charge is 0.271 e. The summed E-state index contributed by atoms with van der Waals surface area (Å²) in [5, 5.41) is 6.48. The summed E-state index contributed by atoms with van der Waals surface area (Å²) in [5.41, 5.74) is 6.01. The number of ether oxygens (including phenoxy) is 1. The van der Waals surface area contributed by atoms with Gasteiger partial charge in [-0.1, -0.05) is 72.8 Å². The Balaban J connectivity index is 1.47. The summed E-state index contributed by atoms with van der Waals surface area (Å²) in [6.45, 7) is 2.34. The third-order valence-corrected chi connectivity index (χ3v) is 4.94. The van der Waals surface area contributed by atoms with Gasteiger partial charge in [-0.25, -0.2) is 5.43 Å². The molecule has 0 aliphatic heterocycles. The van der Waals surface area contributed by atoms with Crippen molar-refractivity contribution < 1.29 is 9.53 Å². The van der Waals surface area contributed by atoms with Gasteiger partial charge in [0.25, 0.3) is 5.91 Å². The lowest BCUT2D eigenvalue weighted by Gasteiger charge is -2.11. The van der Waals surface area contributed by atoms with Crippen molar-refractivity contribution in [2.45, 2.75) is 13.5 Å². The highest BCUT2D eigenvalue weighted by atomic mass is 16.5. The fraction of sp³-hybridized carbons (Fsp3) is 0.0769. The van der Waals surface area contributed by atoms with E-state index in [1.54, 1.807) is 12.3 Å². The van der Waals surface area contributed by atoms with Crippen LogP contribution in [0, 0.1) is 6.92 Å². The van der Waals surface area contributed by atoms with Crippen LogP contribution in [-0.2, 0) is 6.61 Å². The van der Waals surface area contributed by atoms with E-state index in [0.717, 1.165) is 16.7 Å². The van der Waals surface area contributed by atoms with Crippen LogP contribution in [0.5, 0.6) is 5.75 Å². The minimum atomic E-state index is -0.237. The summed E-state index contributed by atoms with van der Waals surface area (Å²) in [4.78, 5) is 12.3. The number of hydrogen-bond donors (Lipinski definition) is 1. The highest BCUT2D eigenvalue weighted by Crippen LogP contribution is 2.22. The second kappa shape index (κ2) is 9.05. The second-order valence-corrected chi connectivity index (χ2v) is 6.98. The summed E-state index contributed by atoms with van der Waals surface area (Å²) in [6.07, 6.45) is 1.61. The largest absolute Gasteiger partial charge is 0.488 e. The zero-order chi connectivity index (χ0) is 20.8. The molecule has 0 saturated heterocycles. The molecule has 4 aromatic rings. The summed E-state index contributed by atoms with van der Waals surface area (Å²) in [7, 11) is 0. The van der Waals surface area contributed by atoms with Gasteiger partial charge in [0, 0.05) is 11.1 Å². The molecule has 0 radical (unpaired) electrons. The van der Waals surface area contributed by atoms with Crippen molar-refractivity contribution in [3.63, 3.8) is 0 Å². The van der Waals surface area contributed by atoms with Gasteiger partial charge in [0.05, 0.1) is 6.21 Å². The SMILES string of the molecule is Cc1ccccc1C(=O)N/N=C\c1ccccc1OCc1cccc2ccccc12. The number of para-hydroxylation sites is 1. The number of nitrogens with one attached hydrogen (secondary N) is 1. The minimum Gasteiger partial charge on any atom is -0.488 e. The molecule has 148 valence electrons. The first-order valence-electron chi connectivity index (χ1n) is 9.80. The van der Waals surface area contributed by atoms with Crippen LogP contribution in [0.3, 0.4) is 0 Å². The monoisotopic (exact) mass is 394 g/mol. The van der Waals surface area contributed by atoms with Crippen LogP contribution >= 0.6 is 0 Å². The van der Waals surface area contributed by atoms with Gasteiger partial charge in [0.1, 0.15) is 12.4 Å². The van der Waals surface area contributed by atoms with E-state index in [9.17, 15) is 4.79 Å². The quantitative estimate of drug-likeness (QED) is 0.347. The number of fused-ring (bicyclic) bond motifs is 1. The molecule has 0 aromatic heterocycles. The molecule has 4 heteroatoms. The minimum absolute atomic E-state index is 0.237. The molecule has 4 aromatic carbocycles. The average Bonchev–Trinajstić information content (AvgIpc) is 2.78. The molecule has 4 rings (SSSR count). The first kappa shape index (κ1) is 19.4. The van der Waals surface area contributed by atoms with Crippen LogP contribution in [0.25, 0.3) is 10.8 Å². The summed E-state index contributed by atoms with van der Waals surface area (Å²) in [6, 6.07) is 29.5. The molecule has 0 atom stereocenters. The molecule has 0 aliphatic rings. The Hall–Kier alpha value is -3.92. The second-order valence-electron chi connectivity index (χ2n) is 6.98. The van der Waals surface area contributed by atoms with E-state index in [1.807, 2.05) is 67.6 Å². The normalized spacial score (nSPS) is 11.0. The van der Waals surface area contributed by atoms with Gasteiger partial charge in [-0.05, 0) is 47.0 Å². The Morgan fingerprint density at radius 2 is 1.63 bits per heavy atom. The first-order chi connectivity index (χ1) is 14.7. The number of hydrazone groups is 1.